The van der Waals surface area contributed by atoms with Crippen molar-refractivity contribution in [1.29, 1.82) is 0 Å². The minimum absolute atomic E-state index is 0. The summed E-state index contributed by atoms with van der Waals surface area (Å²) in [5, 5.41) is 3.16. The molecule has 1 saturated heterocycles. The zero-order chi connectivity index (χ0) is 16.2. The summed E-state index contributed by atoms with van der Waals surface area (Å²) >= 11 is 0. The average Bonchev–Trinajstić information content (AvgIpc) is 2.55. The number of amides is 1. The lowest BCUT2D eigenvalue weighted by molar-refractivity contribution is -0.127. The number of hydrogen-bond acceptors (Lipinski definition) is 5. The van der Waals surface area contributed by atoms with Crippen LogP contribution in [0.5, 0.6) is 0 Å². The summed E-state index contributed by atoms with van der Waals surface area (Å²) < 4.78 is 0. The fourth-order valence-electron chi connectivity index (χ4n) is 2.64. The molecule has 8 heteroatoms. The first-order valence-corrected chi connectivity index (χ1v) is 7.99. The number of halogens is 2. The van der Waals surface area contributed by atoms with E-state index in [9.17, 15) is 4.79 Å². The van der Waals surface area contributed by atoms with Gasteiger partial charge in [0.2, 0.25) is 5.91 Å². The minimum Gasteiger partial charge on any atom is -0.355 e. The first-order chi connectivity index (χ1) is 10.5. The number of anilines is 1. The number of nitrogens with one attached hydrogen (secondary N) is 1. The molecule has 1 aromatic rings. The lowest BCUT2D eigenvalue weighted by atomic mass is 9.86. The van der Waals surface area contributed by atoms with Crippen LogP contribution in [-0.2, 0) is 4.79 Å². The summed E-state index contributed by atoms with van der Waals surface area (Å²) in [4.78, 5) is 23.1. The molecule has 0 spiro atoms. The molecule has 138 valence electrons. The van der Waals surface area contributed by atoms with Crippen LogP contribution in [0.1, 0.15) is 33.6 Å². The maximum absolute atomic E-state index is 12.5. The Kier molecular flexibility index (Phi) is 9.55. The quantitative estimate of drug-likeness (QED) is 0.819. The van der Waals surface area contributed by atoms with Crippen LogP contribution in [0.15, 0.2) is 18.6 Å². The zero-order valence-electron chi connectivity index (χ0n) is 14.6. The molecule has 1 aliphatic heterocycles. The number of carbonyl (C=O) groups is 1. The van der Waals surface area contributed by atoms with Gasteiger partial charge in [0.1, 0.15) is 5.82 Å². The summed E-state index contributed by atoms with van der Waals surface area (Å²) in [6, 6.07) is 0. The van der Waals surface area contributed by atoms with Gasteiger partial charge in [-0.15, -0.1) is 24.8 Å². The van der Waals surface area contributed by atoms with Crippen LogP contribution in [0.4, 0.5) is 5.82 Å². The van der Waals surface area contributed by atoms with E-state index in [4.69, 9.17) is 5.73 Å². The number of nitrogens with two attached hydrogens (primary N) is 1. The second kappa shape index (κ2) is 10.0. The highest BCUT2D eigenvalue weighted by Gasteiger charge is 2.33. The highest BCUT2D eigenvalue weighted by atomic mass is 35.5. The van der Waals surface area contributed by atoms with Crippen LogP contribution in [0.25, 0.3) is 0 Å². The molecule has 1 aromatic heterocycles. The molecule has 1 fully saturated rings. The molecule has 2 heterocycles. The number of aromatic nitrogens is 2. The number of piperidine rings is 1. The third kappa shape index (κ3) is 5.46. The summed E-state index contributed by atoms with van der Waals surface area (Å²) in [7, 11) is 0. The van der Waals surface area contributed by atoms with Crippen molar-refractivity contribution in [3.63, 3.8) is 0 Å². The Bertz CT molecular complexity index is 495. The van der Waals surface area contributed by atoms with Gasteiger partial charge in [-0.05, 0) is 25.7 Å². The van der Waals surface area contributed by atoms with Gasteiger partial charge in [0.15, 0.2) is 0 Å². The Hall–Kier alpha value is -1.11. The monoisotopic (exact) mass is 377 g/mol. The van der Waals surface area contributed by atoms with Crippen LogP contribution in [0.3, 0.4) is 0 Å². The molecular formula is C16H29Cl2N5O. The number of carbonyl (C=O) groups excluding carboxylic acids is 1. The van der Waals surface area contributed by atoms with Crippen LogP contribution >= 0.6 is 24.8 Å². The topological polar surface area (TPSA) is 84.1 Å². The van der Waals surface area contributed by atoms with Crippen molar-refractivity contribution in [2.45, 2.75) is 39.2 Å². The van der Waals surface area contributed by atoms with E-state index in [-0.39, 0.29) is 42.2 Å². The van der Waals surface area contributed by atoms with Gasteiger partial charge in [-0.1, -0.05) is 13.8 Å². The molecule has 24 heavy (non-hydrogen) atoms. The van der Waals surface area contributed by atoms with Gasteiger partial charge in [0.05, 0.1) is 11.7 Å². The Labute approximate surface area is 156 Å². The third-order valence-corrected chi connectivity index (χ3v) is 4.85. The van der Waals surface area contributed by atoms with Crippen molar-refractivity contribution in [1.82, 2.24) is 15.3 Å². The van der Waals surface area contributed by atoms with Gasteiger partial charge in [0.25, 0.3) is 0 Å². The smallest absolute Gasteiger partial charge is 0.223 e. The molecule has 3 N–H and O–H groups in total. The summed E-state index contributed by atoms with van der Waals surface area (Å²) in [6.45, 7) is 8.31. The average molecular weight is 378 g/mol. The van der Waals surface area contributed by atoms with Gasteiger partial charge < -0.3 is 16.0 Å². The van der Waals surface area contributed by atoms with E-state index in [2.05, 4.69) is 34.0 Å². The van der Waals surface area contributed by atoms with Crippen LogP contribution in [0.2, 0.25) is 0 Å². The molecule has 0 bridgehead atoms. The van der Waals surface area contributed by atoms with Gasteiger partial charge in [-0.25, -0.2) is 4.98 Å². The molecule has 1 unspecified atom stereocenters. The summed E-state index contributed by atoms with van der Waals surface area (Å²) in [5.41, 5.74) is 5.51. The van der Waals surface area contributed by atoms with Gasteiger partial charge >= 0.3 is 0 Å². The lowest BCUT2D eigenvalue weighted by Gasteiger charge is -2.37. The molecule has 0 aliphatic carbocycles. The number of nitrogens with zero attached hydrogens (tertiary/aromatic N) is 3. The molecule has 1 aliphatic rings. The van der Waals surface area contributed by atoms with Crippen LogP contribution in [0, 0.1) is 11.8 Å². The largest absolute Gasteiger partial charge is 0.355 e. The highest BCUT2D eigenvalue weighted by Crippen LogP contribution is 2.23. The van der Waals surface area contributed by atoms with Gasteiger partial charge in [-0.3, -0.25) is 9.78 Å². The van der Waals surface area contributed by atoms with Crippen molar-refractivity contribution >= 4 is 36.5 Å². The van der Waals surface area contributed by atoms with E-state index >= 15 is 0 Å². The highest BCUT2D eigenvalue weighted by molar-refractivity contribution is 5.85. The lowest BCUT2D eigenvalue weighted by Crippen LogP contribution is -2.57. The summed E-state index contributed by atoms with van der Waals surface area (Å²) in [6.07, 6.45) is 6.81. The van der Waals surface area contributed by atoms with Gasteiger partial charge in [-0.2, -0.15) is 0 Å². The Morgan fingerprint density at radius 2 is 2.00 bits per heavy atom. The van der Waals surface area contributed by atoms with E-state index < -0.39 is 0 Å². The normalized spacial score (nSPS) is 17.5. The third-order valence-electron chi connectivity index (χ3n) is 4.85. The minimum atomic E-state index is -0.334. The second-order valence-electron chi connectivity index (χ2n) is 6.59. The summed E-state index contributed by atoms with van der Waals surface area (Å²) in [5.74, 6) is 1.37. The fraction of sp³-hybridized carbons (Fsp3) is 0.688. The SMILES string of the molecule is CC(C)C(C)(CN)NC(=O)C1CCN(c2cnccn2)CC1.Cl.Cl. The maximum atomic E-state index is 12.5. The van der Waals surface area contributed by atoms with E-state index in [1.807, 2.05) is 6.92 Å². The standard InChI is InChI=1S/C16H27N5O.2ClH/c1-12(2)16(3,11-17)20-15(22)13-4-8-21(9-5-13)14-10-18-6-7-19-14;;/h6-7,10,12-13H,4-5,8-9,11,17H2,1-3H3,(H,20,22);2*1H. The van der Waals surface area contributed by atoms with E-state index in [0.29, 0.717) is 12.5 Å². The van der Waals surface area contributed by atoms with Crippen molar-refractivity contribution in [2.24, 2.45) is 17.6 Å². The molecule has 1 atom stereocenters. The Morgan fingerprint density at radius 3 is 2.46 bits per heavy atom. The molecule has 6 nitrogen and oxygen atoms in total. The van der Waals surface area contributed by atoms with E-state index in [0.717, 1.165) is 31.7 Å². The number of hydrogen-bond donors (Lipinski definition) is 2. The second-order valence-corrected chi connectivity index (χ2v) is 6.59. The predicted molar refractivity (Wildman–Crippen MR) is 102 cm³/mol. The van der Waals surface area contributed by atoms with Crippen LogP contribution in [-0.4, -0.2) is 41.0 Å². The molecule has 2 rings (SSSR count). The Balaban J connectivity index is 0.00000264. The van der Waals surface area contributed by atoms with Crippen molar-refractivity contribution in [3.8, 4) is 0 Å². The van der Waals surface area contributed by atoms with Crippen molar-refractivity contribution in [3.05, 3.63) is 18.6 Å². The molecular weight excluding hydrogens is 349 g/mol. The number of rotatable bonds is 5. The maximum Gasteiger partial charge on any atom is 0.223 e. The van der Waals surface area contributed by atoms with Crippen LogP contribution < -0.4 is 16.0 Å². The zero-order valence-corrected chi connectivity index (χ0v) is 16.2. The molecule has 0 aromatic carbocycles. The molecule has 1 amide bonds. The first-order valence-electron chi connectivity index (χ1n) is 7.99. The van der Waals surface area contributed by atoms with E-state index in [1.54, 1.807) is 18.6 Å². The Morgan fingerprint density at radius 1 is 1.38 bits per heavy atom. The molecule has 0 radical (unpaired) electrons. The predicted octanol–water partition coefficient (Wildman–Crippen LogP) is 2.03. The van der Waals surface area contributed by atoms with Crippen molar-refractivity contribution in [2.75, 3.05) is 24.5 Å². The van der Waals surface area contributed by atoms with Gasteiger partial charge in [0, 0.05) is 37.9 Å². The first kappa shape index (κ1) is 22.9. The molecule has 0 saturated carbocycles. The van der Waals surface area contributed by atoms with E-state index in [1.165, 1.54) is 0 Å². The fourth-order valence-corrected chi connectivity index (χ4v) is 2.64. The van der Waals surface area contributed by atoms with Crippen molar-refractivity contribution < 1.29 is 4.79 Å².